The van der Waals surface area contributed by atoms with Gasteiger partial charge in [-0.3, -0.25) is 4.90 Å². The fraction of sp³-hybridized carbons (Fsp3) is 0.483. The lowest BCUT2D eigenvalue weighted by Crippen LogP contribution is -2.64. The van der Waals surface area contributed by atoms with Gasteiger partial charge in [-0.2, -0.15) is 0 Å². The number of carbonyl (C=O) groups is 1. The smallest absolute Gasteiger partial charge is 0.341 e. The summed E-state index contributed by atoms with van der Waals surface area (Å²) in [6, 6.07) is 11.8. The summed E-state index contributed by atoms with van der Waals surface area (Å²) in [5.74, 6) is 1.77. The molecule has 3 aliphatic heterocycles. The molecule has 6 rings (SSSR count). The number of ether oxygens (including phenoxy) is 3. The number of piperidine rings is 2. The molecule has 0 radical (unpaired) electrons. The summed E-state index contributed by atoms with van der Waals surface area (Å²) in [5, 5.41) is 0.958. The monoisotopic (exact) mass is 474 g/mol. The number of rotatable bonds is 4. The molecule has 1 aromatic heterocycles. The van der Waals surface area contributed by atoms with Crippen molar-refractivity contribution in [3.05, 3.63) is 58.8 Å². The third-order valence-electron chi connectivity index (χ3n) is 8.39. The largest absolute Gasteiger partial charge is 0.496 e. The molecule has 1 spiro atoms. The summed E-state index contributed by atoms with van der Waals surface area (Å²) in [6.07, 6.45) is 6.43. The van der Waals surface area contributed by atoms with Crippen molar-refractivity contribution in [3.8, 4) is 11.5 Å². The van der Waals surface area contributed by atoms with E-state index in [2.05, 4.69) is 22.0 Å². The Labute approximate surface area is 206 Å². The second kappa shape index (κ2) is 8.59. The van der Waals surface area contributed by atoms with Gasteiger partial charge >= 0.3 is 5.97 Å². The fourth-order valence-electron chi connectivity index (χ4n) is 6.75. The second-order valence-electron chi connectivity index (χ2n) is 10.3. The Kier molecular flexibility index (Phi) is 5.52. The van der Waals surface area contributed by atoms with Crippen LogP contribution in [0.5, 0.6) is 11.5 Å². The molecular weight excluding hydrogens is 440 g/mol. The van der Waals surface area contributed by atoms with Crippen molar-refractivity contribution >= 4 is 16.9 Å². The first-order valence-corrected chi connectivity index (χ1v) is 12.9. The number of esters is 1. The number of nitrogens with zero attached hydrogens (tertiary/aromatic N) is 1. The summed E-state index contributed by atoms with van der Waals surface area (Å²) in [5.41, 5.74) is 4.23. The molecule has 0 bridgehead atoms. The molecule has 35 heavy (non-hydrogen) atoms. The molecule has 4 heterocycles. The van der Waals surface area contributed by atoms with Gasteiger partial charge < -0.3 is 19.2 Å². The Morgan fingerprint density at radius 2 is 2.00 bits per heavy atom. The summed E-state index contributed by atoms with van der Waals surface area (Å²) in [6.45, 7) is 6.08. The highest BCUT2D eigenvalue weighted by atomic mass is 16.5. The predicted molar refractivity (Wildman–Crippen MR) is 135 cm³/mol. The molecule has 3 aromatic rings. The topological polar surface area (TPSA) is 63.8 Å². The van der Waals surface area contributed by atoms with Gasteiger partial charge in [-0.05, 0) is 64.2 Å². The lowest BCUT2D eigenvalue weighted by molar-refractivity contribution is -0.177. The van der Waals surface area contributed by atoms with Crippen LogP contribution in [0.1, 0.15) is 72.3 Å². The molecular formula is C29H34N2O4. The number of hydrogen-bond donors (Lipinski definition) is 1. The molecule has 1 N–H and O–H groups in total. The number of carbonyl (C=O) groups excluding carboxylic acids is 1. The van der Waals surface area contributed by atoms with Gasteiger partial charge in [0.2, 0.25) is 0 Å². The van der Waals surface area contributed by atoms with Crippen LogP contribution >= 0.6 is 0 Å². The normalized spacial score (nSPS) is 24.6. The second-order valence-corrected chi connectivity index (χ2v) is 10.3. The predicted octanol–water partition coefficient (Wildman–Crippen LogP) is 5.93. The van der Waals surface area contributed by atoms with Gasteiger partial charge in [-0.25, -0.2) is 4.79 Å². The number of methoxy groups -OCH3 is 1. The first kappa shape index (κ1) is 22.5. The van der Waals surface area contributed by atoms with Gasteiger partial charge in [-0.15, -0.1) is 0 Å². The van der Waals surface area contributed by atoms with E-state index in [1.807, 2.05) is 38.1 Å². The highest BCUT2D eigenvalue weighted by Gasteiger charge is 2.52. The molecule has 2 fully saturated rings. The van der Waals surface area contributed by atoms with E-state index in [0.717, 1.165) is 59.4 Å². The van der Waals surface area contributed by atoms with E-state index in [1.54, 1.807) is 7.11 Å². The molecule has 0 amide bonds. The maximum atomic E-state index is 13.6. The Morgan fingerprint density at radius 3 is 2.86 bits per heavy atom. The summed E-state index contributed by atoms with van der Waals surface area (Å²) < 4.78 is 18.4. The molecule has 6 nitrogen and oxygen atoms in total. The highest BCUT2D eigenvalue weighted by Crippen LogP contribution is 2.50. The highest BCUT2D eigenvalue weighted by molar-refractivity contribution is 6.07. The number of benzene rings is 2. The van der Waals surface area contributed by atoms with Crippen LogP contribution in [0.4, 0.5) is 0 Å². The maximum absolute atomic E-state index is 13.6. The van der Waals surface area contributed by atoms with Gasteiger partial charge in [0.25, 0.3) is 0 Å². The molecule has 3 aliphatic rings. The number of nitrogens with one attached hydrogen (secondary N) is 1. The quantitative estimate of drug-likeness (QED) is 0.475. The summed E-state index contributed by atoms with van der Waals surface area (Å²) >= 11 is 0. The molecule has 2 saturated heterocycles. The van der Waals surface area contributed by atoms with Gasteiger partial charge in [-0.1, -0.05) is 18.2 Å². The van der Waals surface area contributed by atoms with Gasteiger partial charge in [0, 0.05) is 53.2 Å². The average molecular weight is 475 g/mol. The number of fused-ring (bicyclic) bond motifs is 3. The Hall–Kier alpha value is -2.99. The van der Waals surface area contributed by atoms with Crippen LogP contribution < -0.4 is 9.47 Å². The van der Waals surface area contributed by atoms with Gasteiger partial charge in [0.1, 0.15) is 17.6 Å². The Bertz CT molecular complexity index is 1280. The van der Waals surface area contributed by atoms with E-state index in [4.69, 9.17) is 14.2 Å². The van der Waals surface area contributed by atoms with Crippen molar-refractivity contribution in [1.29, 1.82) is 0 Å². The van der Waals surface area contributed by atoms with Crippen molar-refractivity contribution < 1.29 is 19.0 Å². The van der Waals surface area contributed by atoms with E-state index in [9.17, 15) is 4.79 Å². The van der Waals surface area contributed by atoms with Gasteiger partial charge in [0.05, 0.1) is 12.7 Å². The van der Waals surface area contributed by atoms with Crippen LogP contribution in [0, 0.1) is 12.8 Å². The van der Waals surface area contributed by atoms with Crippen molar-refractivity contribution in [1.82, 2.24) is 9.88 Å². The third-order valence-corrected chi connectivity index (χ3v) is 8.39. The fourth-order valence-corrected chi connectivity index (χ4v) is 6.75. The summed E-state index contributed by atoms with van der Waals surface area (Å²) in [7, 11) is 1.63. The zero-order valence-electron chi connectivity index (χ0n) is 20.9. The van der Waals surface area contributed by atoms with E-state index < -0.39 is 6.10 Å². The van der Waals surface area contributed by atoms with Gasteiger partial charge in [0.15, 0.2) is 5.72 Å². The number of aromatic amines is 1. The Balaban J connectivity index is 1.38. The van der Waals surface area contributed by atoms with Crippen LogP contribution in [-0.4, -0.2) is 41.8 Å². The van der Waals surface area contributed by atoms with E-state index in [-0.39, 0.29) is 11.7 Å². The molecule has 6 heteroatoms. The molecule has 2 aromatic carbocycles. The molecule has 184 valence electrons. The van der Waals surface area contributed by atoms with E-state index >= 15 is 0 Å². The molecule has 3 unspecified atom stereocenters. The lowest BCUT2D eigenvalue weighted by atomic mass is 9.74. The SMILES string of the molecule is COc1ccccc1C(C)OC(=O)c1c(C)[nH]c2ccc3c(c12)CC1CCCN2CCCCC12O3. The van der Waals surface area contributed by atoms with E-state index in [1.165, 1.54) is 25.7 Å². The first-order chi connectivity index (χ1) is 17.0. The number of aryl methyl sites for hydroxylation is 1. The van der Waals surface area contributed by atoms with Crippen LogP contribution in [0.25, 0.3) is 10.9 Å². The standard InChI is InChI=1S/C29H34N2O4/c1-18-26(28(32)34-19(2)21-10-4-5-11-24(21)33-3)27-22-17-20-9-8-16-31-15-7-6-14-29(20,31)35-25(22)13-12-23(27)30-18/h4-5,10-13,19-20,30H,6-9,14-17H2,1-3H3. The van der Waals surface area contributed by atoms with Crippen LogP contribution in [0.3, 0.4) is 0 Å². The van der Waals surface area contributed by atoms with Crippen molar-refractivity contribution in [2.45, 2.75) is 64.2 Å². The van der Waals surface area contributed by atoms with Crippen LogP contribution in [0.2, 0.25) is 0 Å². The number of para-hydroxylation sites is 1. The zero-order chi connectivity index (χ0) is 24.2. The molecule has 0 aliphatic carbocycles. The average Bonchev–Trinajstić information content (AvgIpc) is 3.22. The van der Waals surface area contributed by atoms with Crippen molar-refractivity contribution in [2.75, 3.05) is 20.2 Å². The first-order valence-electron chi connectivity index (χ1n) is 12.9. The zero-order valence-corrected chi connectivity index (χ0v) is 20.9. The third kappa shape index (κ3) is 3.53. The van der Waals surface area contributed by atoms with Crippen molar-refractivity contribution in [2.24, 2.45) is 5.92 Å². The minimum absolute atomic E-state index is 0.179. The Morgan fingerprint density at radius 1 is 1.17 bits per heavy atom. The lowest BCUT2D eigenvalue weighted by Gasteiger charge is -2.56. The minimum Gasteiger partial charge on any atom is -0.496 e. The molecule has 0 saturated carbocycles. The summed E-state index contributed by atoms with van der Waals surface area (Å²) in [4.78, 5) is 19.6. The number of H-pyrrole nitrogens is 1. The van der Waals surface area contributed by atoms with E-state index in [0.29, 0.717) is 17.2 Å². The minimum atomic E-state index is -0.434. The van der Waals surface area contributed by atoms with Crippen molar-refractivity contribution in [3.63, 3.8) is 0 Å². The molecule has 3 atom stereocenters. The van der Waals surface area contributed by atoms with Crippen LogP contribution in [-0.2, 0) is 11.2 Å². The van der Waals surface area contributed by atoms with Crippen LogP contribution in [0.15, 0.2) is 36.4 Å². The number of aromatic nitrogens is 1. The number of hydrogen-bond acceptors (Lipinski definition) is 5. The maximum Gasteiger partial charge on any atom is 0.341 e.